The highest BCUT2D eigenvalue weighted by Crippen LogP contribution is 2.34. The number of benzene rings is 2. The first kappa shape index (κ1) is 20.8. The van der Waals surface area contributed by atoms with E-state index in [-0.39, 0.29) is 23.5 Å². The summed E-state index contributed by atoms with van der Waals surface area (Å²) < 4.78 is 20.0. The molecule has 1 fully saturated rings. The van der Waals surface area contributed by atoms with E-state index < -0.39 is 0 Å². The van der Waals surface area contributed by atoms with Crippen molar-refractivity contribution in [1.29, 1.82) is 5.26 Å². The Kier molecular flexibility index (Phi) is 5.35. The molecule has 0 radical (unpaired) electrons. The fourth-order valence-corrected chi connectivity index (χ4v) is 3.88. The zero-order valence-electron chi connectivity index (χ0n) is 18.1. The van der Waals surface area contributed by atoms with Crippen LogP contribution in [-0.2, 0) is 13.1 Å². The highest BCUT2D eigenvalue weighted by Gasteiger charge is 2.27. The molecular formula is C26H21FN4O2. The number of hydrogen-bond acceptors (Lipinski definition) is 5. The second kappa shape index (κ2) is 8.47. The van der Waals surface area contributed by atoms with Crippen molar-refractivity contribution in [3.05, 3.63) is 82.3 Å². The molecule has 0 bridgehead atoms. The molecule has 5 rings (SSSR count). The van der Waals surface area contributed by atoms with Gasteiger partial charge in [0.15, 0.2) is 0 Å². The van der Waals surface area contributed by atoms with Gasteiger partial charge in [-0.1, -0.05) is 18.2 Å². The van der Waals surface area contributed by atoms with Crippen molar-refractivity contribution >= 4 is 12.1 Å². The van der Waals surface area contributed by atoms with Crippen LogP contribution in [0.15, 0.2) is 53.5 Å². The molecule has 164 valence electrons. The third-order valence-corrected chi connectivity index (χ3v) is 5.81. The van der Waals surface area contributed by atoms with Crippen LogP contribution >= 0.6 is 0 Å². The van der Waals surface area contributed by atoms with Gasteiger partial charge in [-0.25, -0.2) is 9.37 Å². The average Bonchev–Trinajstić information content (AvgIpc) is 3.50. The molecule has 33 heavy (non-hydrogen) atoms. The predicted octanol–water partition coefficient (Wildman–Crippen LogP) is 4.51. The molecule has 1 saturated carbocycles. The number of ether oxygens (including phenoxy) is 1. The van der Waals surface area contributed by atoms with Gasteiger partial charge in [0.1, 0.15) is 17.6 Å². The summed E-state index contributed by atoms with van der Waals surface area (Å²) in [5, 5.41) is 9.23. The van der Waals surface area contributed by atoms with Gasteiger partial charge in [0.25, 0.3) is 5.91 Å². The maximum atomic E-state index is 14.0. The molecule has 6 nitrogen and oxygen atoms in total. The summed E-state index contributed by atoms with van der Waals surface area (Å²) in [7, 11) is 1.70. The van der Waals surface area contributed by atoms with Crippen LogP contribution in [0.2, 0.25) is 0 Å². The molecule has 7 heteroatoms. The largest absolute Gasteiger partial charge is 0.474 e. The summed E-state index contributed by atoms with van der Waals surface area (Å²) in [6.07, 6.45) is 3.55. The summed E-state index contributed by atoms with van der Waals surface area (Å²) in [6, 6.07) is 16.0. The van der Waals surface area contributed by atoms with Crippen LogP contribution in [0.1, 0.15) is 45.6 Å². The number of amides is 1. The second-order valence-corrected chi connectivity index (χ2v) is 8.29. The van der Waals surface area contributed by atoms with Crippen LogP contribution in [0.4, 0.5) is 4.39 Å². The lowest BCUT2D eigenvalue weighted by atomic mass is 10.0. The number of nitrogens with zero attached hydrogens (tertiary/aromatic N) is 4. The van der Waals surface area contributed by atoms with Gasteiger partial charge in [-0.2, -0.15) is 5.26 Å². The minimum atomic E-state index is -0.302. The number of aliphatic imine (C=N–C) groups is 1. The number of carbonyl (C=O) groups excluding carboxylic acids is 1. The standard InChI is InChI=1S/C26H21FN4O2/c1-31(15-18-5-9-23(27)22-14-29-13-21(18)22)26(32)24-10-8-20(25(30-24)33-19-6-7-19)17-4-2-3-16(11-17)12-28/h2-5,8-11,14,19H,6-7,13,15H2,1H3. The van der Waals surface area contributed by atoms with Crippen LogP contribution in [0, 0.1) is 17.1 Å². The lowest BCUT2D eigenvalue weighted by molar-refractivity contribution is 0.0777. The molecule has 0 spiro atoms. The van der Waals surface area contributed by atoms with Crippen molar-refractivity contribution in [2.45, 2.75) is 32.0 Å². The zero-order valence-corrected chi connectivity index (χ0v) is 18.1. The number of halogens is 1. The second-order valence-electron chi connectivity index (χ2n) is 8.29. The first-order valence-electron chi connectivity index (χ1n) is 10.8. The number of pyridine rings is 1. The molecule has 0 unspecified atom stereocenters. The molecule has 0 saturated heterocycles. The Balaban J connectivity index is 1.42. The Morgan fingerprint density at radius 2 is 2.09 bits per heavy atom. The lowest BCUT2D eigenvalue weighted by Crippen LogP contribution is -2.27. The molecular weight excluding hydrogens is 419 g/mol. The van der Waals surface area contributed by atoms with Crippen molar-refractivity contribution in [2.24, 2.45) is 4.99 Å². The number of nitriles is 1. The van der Waals surface area contributed by atoms with Crippen molar-refractivity contribution < 1.29 is 13.9 Å². The van der Waals surface area contributed by atoms with E-state index in [1.54, 1.807) is 42.4 Å². The Morgan fingerprint density at radius 3 is 2.88 bits per heavy atom. The first-order chi connectivity index (χ1) is 16.0. The Bertz CT molecular complexity index is 1320. The lowest BCUT2D eigenvalue weighted by Gasteiger charge is -2.20. The van der Waals surface area contributed by atoms with Gasteiger partial charge >= 0.3 is 0 Å². The van der Waals surface area contributed by atoms with E-state index in [4.69, 9.17) is 4.74 Å². The van der Waals surface area contributed by atoms with Crippen molar-refractivity contribution in [1.82, 2.24) is 9.88 Å². The van der Waals surface area contributed by atoms with Crippen LogP contribution in [-0.4, -0.2) is 35.2 Å². The van der Waals surface area contributed by atoms with E-state index >= 15 is 0 Å². The van der Waals surface area contributed by atoms with Gasteiger partial charge in [-0.3, -0.25) is 9.79 Å². The smallest absolute Gasteiger partial charge is 0.272 e. The van der Waals surface area contributed by atoms with E-state index in [9.17, 15) is 14.4 Å². The van der Waals surface area contributed by atoms with E-state index in [0.29, 0.717) is 30.1 Å². The van der Waals surface area contributed by atoms with Crippen LogP contribution in [0.5, 0.6) is 5.88 Å². The molecule has 1 aliphatic heterocycles. The number of hydrogen-bond donors (Lipinski definition) is 0. The normalized spacial score (nSPS) is 14.0. The number of carbonyl (C=O) groups is 1. The number of rotatable bonds is 6. The zero-order chi connectivity index (χ0) is 22.9. The van der Waals surface area contributed by atoms with Crippen molar-refractivity contribution in [3.8, 4) is 23.1 Å². The summed E-state index contributed by atoms with van der Waals surface area (Å²) in [5.74, 6) is -0.170. The summed E-state index contributed by atoms with van der Waals surface area (Å²) in [5.41, 5.74) is 4.53. The third-order valence-electron chi connectivity index (χ3n) is 5.81. The molecule has 2 aromatic carbocycles. The Hall–Kier alpha value is -4.05. The van der Waals surface area contributed by atoms with E-state index in [1.807, 2.05) is 18.2 Å². The first-order valence-corrected chi connectivity index (χ1v) is 10.8. The Morgan fingerprint density at radius 1 is 1.24 bits per heavy atom. The maximum absolute atomic E-state index is 14.0. The van der Waals surface area contributed by atoms with E-state index in [0.717, 1.165) is 35.1 Å². The monoisotopic (exact) mass is 440 g/mol. The fraction of sp³-hybridized carbons (Fsp3) is 0.231. The maximum Gasteiger partial charge on any atom is 0.272 e. The topological polar surface area (TPSA) is 78.6 Å². The molecule has 0 atom stereocenters. The summed E-state index contributed by atoms with van der Waals surface area (Å²) >= 11 is 0. The van der Waals surface area contributed by atoms with Gasteiger partial charge in [0, 0.05) is 30.9 Å². The Labute approximate surface area is 191 Å². The molecule has 1 aromatic heterocycles. The minimum Gasteiger partial charge on any atom is -0.474 e. The average molecular weight is 440 g/mol. The van der Waals surface area contributed by atoms with Gasteiger partial charge in [0.2, 0.25) is 5.88 Å². The van der Waals surface area contributed by atoms with Crippen molar-refractivity contribution in [2.75, 3.05) is 7.05 Å². The molecule has 3 aromatic rings. The molecule has 1 aliphatic carbocycles. The fourth-order valence-electron chi connectivity index (χ4n) is 3.88. The highest BCUT2D eigenvalue weighted by atomic mass is 19.1. The van der Waals surface area contributed by atoms with Gasteiger partial charge in [0.05, 0.1) is 18.2 Å². The van der Waals surface area contributed by atoms with Gasteiger partial charge in [-0.05, 0) is 59.9 Å². The van der Waals surface area contributed by atoms with E-state index in [2.05, 4.69) is 16.0 Å². The molecule has 1 amide bonds. The van der Waals surface area contributed by atoms with E-state index in [1.165, 1.54) is 6.07 Å². The quantitative estimate of drug-likeness (QED) is 0.565. The summed E-state index contributed by atoms with van der Waals surface area (Å²) in [4.78, 5) is 23.5. The van der Waals surface area contributed by atoms with Crippen LogP contribution < -0.4 is 4.74 Å². The molecule has 0 N–H and O–H groups in total. The summed E-state index contributed by atoms with van der Waals surface area (Å²) in [6.45, 7) is 0.732. The van der Waals surface area contributed by atoms with Gasteiger partial charge in [-0.15, -0.1) is 0 Å². The van der Waals surface area contributed by atoms with Gasteiger partial charge < -0.3 is 9.64 Å². The van der Waals surface area contributed by atoms with Crippen LogP contribution in [0.3, 0.4) is 0 Å². The highest BCUT2D eigenvalue weighted by molar-refractivity contribution is 5.93. The van der Waals surface area contributed by atoms with Crippen LogP contribution in [0.25, 0.3) is 11.1 Å². The number of aromatic nitrogens is 1. The minimum absolute atomic E-state index is 0.0975. The number of fused-ring (bicyclic) bond motifs is 1. The molecule has 2 aliphatic rings. The molecule has 2 heterocycles. The SMILES string of the molecule is CN(Cc1ccc(F)c2c1CN=C2)C(=O)c1ccc(-c2cccc(C#N)c2)c(OC2CC2)n1. The predicted molar refractivity (Wildman–Crippen MR) is 122 cm³/mol. The third kappa shape index (κ3) is 4.20. The van der Waals surface area contributed by atoms with Crippen molar-refractivity contribution in [3.63, 3.8) is 0 Å².